The lowest BCUT2D eigenvalue weighted by atomic mass is 10.0. The van der Waals surface area contributed by atoms with Gasteiger partial charge in [-0.2, -0.15) is 0 Å². The molecular weight excluding hydrogens is 326 g/mol. The Morgan fingerprint density at radius 2 is 2.04 bits per heavy atom. The Hall–Kier alpha value is -2.90. The van der Waals surface area contributed by atoms with Crippen molar-refractivity contribution in [3.05, 3.63) is 35.9 Å². The van der Waals surface area contributed by atoms with E-state index >= 15 is 0 Å². The van der Waals surface area contributed by atoms with Crippen LogP contribution in [0.4, 0.5) is 0 Å². The predicted octanol–water partition coefficient (Wildman–Crippen LogP) is 0.617. The van der Waals surface area contributed by atoms with Crippen molar-refractivity contribution < 1.29 is 24.3 Å². The van der Waals surface area contributed by atoms with E-state index in [-0.39, 0.29) is 25.4 Å². The summed E-state index contributed by atoms with van der Waals surface area (Å²) in [5.74, 6) is -1.84. The molecule has 1 aliphatic heterocycles. The first kappa shape index (κ1) is 18.4. The molecule has 2 atom stereocenters. The van der Waals surface area contributed by atoms with Gasteiger partial charge in [0, 0.05) is 26.4 Å². The molecule has 2 amide bonds. The zero-order valence-electron chi connectivity index (χ0n) is 14.1. The average Bonchev–Trinajstić information content (AvgIpc) is 3.08. The molecule has 8 heteroatoms. The first-order valence-corrected chi connectivity index (χ1v) is 7.96. The van der Waals surface area contributed by atoms with Crippen LogP contribution in [0.15, 0.2) is 35.5 Å². The van der Waals surface area contributed by atoms with Crippen molar-refractivity contribution in [2.24, 2.45) is 5.16 Å². The van der Waals surface area contributed by atoms with Crippen LogP contribution in [0.5, 0.6) is 0 Å². The molecule has 1 heterocycles. The summed E-state index contributed by atoms with van der Waals surface area (Å²) in [6.45, 7) is 3.01. The Morgan fingerprint density at radius 3 is 2.64 bits per heavy atom. The van der Waals surface area contributed by atoms with Crippen LogP contribution in [-0.2, 0) is 19.2 Å². The van der Waals surface area contributed by atoms with Crippen LogP contribution in [-0.4, -0.2) is 58.7 Å². The number of hydrogen-bond donors (Lipinski definition) is 2. The van der Waals surface area contributed by atoms with Crippen molar-refractivity contribution in [1.82, 2.24) is 10.2 Å². The van der Waals surface area contributed by atoms with Gasteiger partial charge in [0.15, 0.2) is 0 Å². The highest BCUT2D eigenvalue weighted by Gasteiger charge is 2.36. The number of rotatable bonds is 7. The van der Waals surface area contributed by atoms with E-state index in [1.807, 2.05) is 30.3 Å². The molecule has 8 nitrogen and oxygen atoms in total. The standard InChI is InChI=1S/C17H21N3O5/c1-11(17(23)24)20(9-8-18-12(2)21)16(22)15-10-14(19-25-15)13-6-4-3-5-7-13/h3-7,11,15H,8-10H2,1-2H3,(H,18,21)(H,23,24). The monoisotopic (exact) mass is 347 g/mol. The van der Waals surface area contributed by atoms with E-state index in [1.165, 1.54) is 18.7 Å². The number of aliphatic carboxylic acids is 1. The summed E-state index contributed by atoms with van der Waals surface area (Å²) in [7, 11) is 0. The molecule has 0 saturated carbocycles. The van der Waals surface area contributed by atoms with Crippen LogP contribution < -0.4 is 5.32 Å². The van der Waals surface area contributed by atoms with Crippen LogP contribution in [0, 0.1) is 0 Å². The zero-order chi connectivity index (χ0) is 18.4. The largest absolute Gasteiger partial charge is 0.480 e. The summed E-state index contributed by atoms with van der Waals surface area (Å²) < 4.78 is 0. The molecule has 1 aliphatic rings. The summed E-state index contributed by atoms with van der Waals surface area (Å²) in [5.41, 5.74) is 1.50. The summed E-state index contributed by atoms with van der Waals surface area (Å²) in [4.78, 5) is 41.4. The predicted molar refractivity (Wildman–Crippen MR) is 90.0 cm³/mol. The van der Waals surface area contributed by atoms with Gasteiger partial charge in [-0.15, -0.1) is 0 Å². The SMILES string of the molecule is CC(=O)NCCN(C(=O)C1CC(c2ccccc2)=NO1)C(C)C(=O)O. The van der Waals surface area contributed by atoms with Gasteiger partial charge in [-0.25, -0.2) is 4.79 Å². The van der Waals surface area contributed by atoms with Gasteiger partial charge in [0.25, 0.3) is 5.91 Å². The number of hydrogen-bond acceptors (Lipinski definition) is 5. The Morgan fingerprint density at radius 1 is 1.36 bits per heavy atom. The van der Waals surface area contributed by atoms with E-state index in [4.69, 9.17) is 4.84 Å². The third-order valence-corrected chi connectivity index (χ3v) is 3.89. The lowest BCUT2D eigenvalue weighted by Gasteiger charge is -2.28. The summed E-state index contributed by atoms with van der Waals surface area (Å²) in [6.07, 6.45) is -0.597. The molecule has 0 aromatic heterocycles. The van der Waals surface area contributed by atoms with Gasteiger partial charge < -0.3 is 20.2 Å². The molecule has 134 valence electrons. The molecule has 0 radical (unpaired) electrons. The Labute approximate surface area is 145 Å². The minimum atomic E-state index is -1.13. The molecule has 0 bridgehead atoms. The molecule has 2 rings (SSSR count). The average molecular weight is 347 g/mol. The molecular formula is C17H21N3O5. The molecule has 1 aromatic rings. The molecule has 0 fully saturated rings. The van der Waals surface area contributed by atoms with Crippen molar-refractivity contribution >= 4 is 23.5 Å². The number of oxime groups is 1. The first-order chi connectivity index (χ1) is 11.9. The van der Waals surface area contributed by atoms with Crippen molar-refractivity contribution in [3.8, 4) is 0 Å². The van der Waals surface area contributed by atoms with Gasteiger partial charge in [0.05, 0.1) is 5.71 Å². The highest BCUT2D eigenvalue weighted by atomic mass is 16.6. The van der Waals surface area contributed by atoms with Gasteiger partial charge in [0.1, 0.15) is 6.04 Å². The lowest BCUT2D eigenvalue weighted by molar-refractivity contribution is -0.154. The number of carbonyl (C=O) groups is 3. The fraction of sp³-hybridized carbons (Fsp3) is 0.412. The minimum absolute atomic E-state index is 0.0758. The number of nitrogens with zero attached hydrogens (tertiary/aromatic N) is 2. The molecule has 0 saturated heterocycles. The topological polar surface area (TPSA) is 108 Å². The van der Waals surface area contributed by atoms with Crippen LogP contribution >= 0.6 is 0 Å². The fourth-order valence-electron chi connectivity index (χ4n) is 2.48. The van der Waals surface area contributed by atoms with E-state index in [9.17, 15) is 19.5 Å². The zero-order valence-corrected chi connectivity index (χ0v) is 14.1. The van der Waals surface area contributed by atoms with Crippen molar-refractivity contribution in [3.63, 3.8) is 0 Å². The second-order valence-electron chi connectivity index (χ2n) is 5.73. The highest BCUT2D eigenvalue weighted by molar-refractivity contribution is 6.04. The third-order valence-electron chi connectivity index (χ3n) is 3.89. The van der Waals surface area contributed by atoms with Crippen LogP contribution in [0.2, 0.25) is 0 Å². The fourth-order valence-corrected chi connectivity index (χ4v) is 2.48. The Kier molecular flexibility index (Phi) is 6.10. The smallest absolute Gasteiger partial charge is 0.326 e. The number of amides is 2. The second kappa shape index (κ2) is 8.27. The molecule has 2 N–H and O–H groups in total. The van der Waals surface area contributed by atoms with E-state index in [0.29, 0.717) is 5.71 Å². The molecule has 25 heavy (non-hydrogen) atoms. The maximum atomic E-state index is 12.7. The van der Waals surface area contributed by atoms with E-state index in [1.54, 1.807) is 0 Å². The van der Waals surface area contributed by atoms with Gasteiger partial charge in [-0.1, -0.05) is 35.5 Å². The number of carboxylic acid groups (broad SMARTS) is 1. The van der Waals surface area contributed by atoms with Gasteiger partial charge in [-0.3, -0.25) is 9.59 Å². The maximum Gasteiger partial charge on any atom is 0.326 e. The highest BCUT2D eigenvalue weighted by Crippen LogP contribution is 2.19. The van der Waals surface area contributed by atoms with Crippen LogP contribution in [0.3, 0.4) is 0 Å². The van der Waals surface area contributed by atoms with Gasteiger partial charge in [0.2, 0.25) is 12.0 Å². The summed E-state index contributed by atoms with van der Waals surface area (Å²) in [5, 5.41) is 15.7. The Bertz CT molecular complexity index is 674. The molecule has 0 aliphatic carbocycles. The Balaban J connectivity index is 2.04. The van der Waals surface area contributed by atoms with Gasteiger partial charge >= 0.3 is 5.97 Å². The number of carbonyl (C=O) groups excluding carboxylic acids is 2. The minimum Gasteiger partial charge on any atom is -0.480 e. The molecule has 1 aromatic carbocycles. The quantitative estimate of drug-likeness (QED) is 0.751. The first-order valence-electron chi connectivity index (χ1n) is 7.96. The molecule has 2 unspecified atom stereocenters. The molecule has 0 spiro atoms. The maximum absolute atomic E-state index is 12.7. The van der Waals surface area contributed by atoms with E-state index < -0.39 is 24.0 Å². The van der Waals surface area contributed by atoms with Crippen LogP contribution in [0.25, 0.3) is 0 Å². The lowest BCUT2D eigenvalue weighted by Crippen LogP contribution is -2.50. The number of benzene rings is 1. The normalized spacial score (nSPS) is 17.2. The van der Waals surface area contributed by atoms with Crippen LogP contribution in [0.1, 0.15) is 25.8 Å². The number of carboxylic acids is 1. The van der Waals surface area contributed by atoms with E-state index in [2.05, 4.69) is 10.5 Å². The van der Waals surface area contributed by atoms with E-state index in [0.717, 1.165) is 5.56 Å². The van der Waals surface area contributed by atoms with Crippen molar-refractivity contribution in [2.45, 2.75) is 32.4 Å². The third kappa shape index (κ3) is 4.79. The van der Waals surface area contributed by atoms with Crippen molar-refractivity contribution in [1.29, 1.82) is 0 Å². The van der Waals surface area contributed by atoms with Gasteiger partial charge in [-0.05, 0) is 12.5 Å². The summed E-state index contributed by atoms with van der Waals surface area (Å²) >= 11 is 0. The number of nitrogens with one attached hydrogen (secondary N) is 1. The summed E-state index contributed by atoms with van der Waals surface area (Å²) in [6, 6.07) is 8.29. The second-order valence-corrected chi connectivity index (χ2v) is 5.73. The van der Waals surface area contributed by atoms with Crippen molar-refractivity contribution in [2.75, 3.05) is 13.1 Å².